The van der Waals surface area contributed by atoms with Crippen molar-refractivity contribution in [1.29, 1.82) is 0 Å². The quantitative estimate of drug-likeness (QED) is 0.705. The number of benzene rings is 2. The molecular weight excluding hydrogens is 208 g/mol. The average molecular weight is 230 g/mol. The molecule has 0 aliphatic rings. The molecule has 0 aliphatic heterocycles. The lowest BCUT2D eigenvalue weighted by Gasteiger charge is -2.07. The number of fused-ring (bicyclic) bond motifs is 1. The van der Waals surface area contributed by atoms with Crippen LogP contribution in [-0.2, 0) is 0 Å². The molecule has 0 spiro atoms. The van der Waals surface area contributed by atoms with Gasteiger partial charge in [-0.2, -0.15) is 0 Å². The Morgan fingerprint density at radius 3 is 2.06 bits per heavy atom. The summed E-state index contributed by atoms with van der Waals surface area (Å²) in [6, 6.07) is 12.8. The van der Waals surface area contributed by atoms with Gasteiger partial charge in [-0.25, -0.2) is 0 Å². The molecule has 0 aromatic heterocycles. The second kappa shape index (κ2) is 6.29. The molecule has 2 aromatic rings. The van der Waals surface area contributed by atoms with E-state index in [4.69, 9.17) is 4.74 Å². The Bertz CT molecular complexity index is 472. The Kier molecular flexibility index (Phi) is 5.02. The summed E-state index contributed by atoms with van der Waals surface area (Å²) >= 11 is 0. The third kappa shape index (κ3) is 3.23. The Balaban J connectivity index is 0.000000686. The normalized spacial score (nSPS) is 10.0. The number of methoxy groups -OCH3 is 1. The van der Waals surface area contributed by atoms with Crippen LogP contribution in [0.1, 0.15) is 39.2 Å². The molecule has 0 amide bonds. The van der Waals surface area contributed by atoms with Crippen LogP contribution >= 0.6 is 0 Å². The standard InChI is InChI=1S/C14H16O.C2H6/c1-10(2)11-4-5-13-9-14(15-3)7-6-12(13)8-11;1-2/h4-10H,1-3H3;1-2H3. The molecule has 0 heterocycles. The van der Waals surface area contributed by atoms with Gasteiger partial charge in [-0.15, -0.1) is 0 Å². The molecule has 0 saturated carbocycles. The second-order valence-electron chi connectivity index (χ2n) is 4.13. The third-order valence-corrected chi connectivity index (χ3v) is 2.74. The highest BCUT2D eigenvalue weighted by atomic mass is 16.5. The molecule has 17 heavy (non-hydrogen) atoms. The van der Waals surface area contributed by atoms with E-state index in [9.17, 15) is 0 Å². The first kappa shape index (κ1) is 13.6. The van der Waals surface area contributed by atoms with E-state index < -0.39 is 0 Å². The predicted octanol–water partition coefficient (Wildman–Crippen LogP) is 5.00. The van der Waals surface area contributed by atoms with E-state index in [2.05, 4.69) is 44.2 Å². The lowest BCUT2D eigenvalue weighted by Crippen LogP contribution is -1.87. The van der Waals surface area contributed by atoms with Gasteiger partial charge in [-0.3, -0.25) is 0 Å². The molecule has 0 N–H and O–H groups in total. The van der Waals surface area contributed by atoms with Gasteiger partial charge >= 0.3 is 0 Å². The van der Waals surface area contributed by atoms with Gasteiger partial charge in [-0.05, 0) is 34.4 Å². The average Bonchev–Trinajstić information content (AvgIpc) is 2.39. The van der Waals surface area contributed by atoms with Crippen LogP contribution in [0.4, 0.5) is 0 Å². The summed E-state index contributed by atoms with van der Waals surface area (Å²) in [5, 5.41) is 2.51. The molecule has 0 radical (unpaired) electrons. The minimum absolute atomic E-state index is 0.580. The number of ether oxygens (including phenoxy) is 1. The first-order valence-electron chi connectivity index (χ1n) is 6.28. The maximum atomic E-state index is 5.20. The van der Waals surface area contributed by atoms with E-state index in [1.54, 1.807) is 7.11 Å². The van der Waals surface area contributed by atoms with E-state index in [0.717, 1.165) is 5.75 Å². The molecule has 0 atom stereocenters. The summed E-state index contributed by atoms with van der Waals surface area (Å²) in [4.78, 5) is 0. The van der Waals surface area contributed by atoms with Crippen LogP contribution < -0.4 is 4.74 Å². The summed E-state index contributed by atoms with van der Waals surface area (Å²) in [6.07, 6.45) is 0. The smallest absolute Gasteiger partial charge is 0.119 e. The molecule has 0 saturated heterocycles. The summed E-state index contributed by atoms with van der Waals surface area (Å²) < 4.78 is 5.20. The number of hydrogen-bond acceptors (Lipinski definition) is 1. The van der Waals surface area contributed by atoms with E-state index in [0.29, 0.717) is 5.92 Å². The van der Waals surface area contributed by atoms with E-state index in [1.807, 2.05) is 19.9 Å². The van der Waals surface area contributed by atoms with Gasteiger partial charge in [0, 0.05) is 0 Å². The highest BCUT2D eigenvalue weighted by Crippen LogP contribution is 2.24. The van der Waals surface area contributed by atoms with Crippen LogP contribution in [0.15, 0.2) is 36.4 Å². The van der Waals surface area contributed by atoms with Crippen LogP contribution in [0, 0.1) is 0 Å². The topological polar surface area (TPSA) is 9.23 Å². The summed E-state index contributed by atoms with van der Waals surface area (Å²) in [6.45, 7) is 8.43. The van der Waals surface area contributed by atoms with Crippen molar-refractivity contribution in [3.63, 3.8) is 0 Å². The van der Waals surface area contributed by atoms with Gasteiger partial charge < -0.3 is 4.74 Å². The van der Waals surface area contributed by atoms with Gasteiger partial charge in [0.2, 0.25) is 0 Å². The SMILES string of the molecule is CC.COc1ccc2cc(C(C)C)ccc2c1. The minimum Gasteiger partial charge on any atom is -0.497 e. The summed E-state index contributed by atoms with van der Waals surface area (Å²) in [7, 11) is 1.70. The van der Waals surface area contributed by atoms with Crippen molar-refractivity contribution in [1.82, 2.24) is 0 Å². The molecule has 0 bridgehead atoms. The minimum atomic E-state index is 0.580. The summed E-state index contributed by atoms with van der Waals surface area (Å²) in [5.74, 6) is 1.50. The van der Waals surface area contributed by atoms with Gasteiger partial charge in [0.1, 0.15) is 5.75 Å². The van der Waals surface area contributed by atoms with Crippen LogP contribution in [0.3, 0.4) is 0 Å². The van der Waals surface area contributed by atoms with Gasteiger partial charge in [0.05, 0.1) is 7.11 Å². The molecule has 1 heteroatoms. The highest BCUT2D eigenvalue weighted by molar-refractivity contribution is 5.84. The number of hydrogen-bond donors (Lipinski definition) is 0. The lowest BCUT2D eigenvalue weighted by molar-refractivity contribution is 0.415. The van der Waals surface area contributed by atoms with Crippen LogP contribution in [-0.4, -0.2) is 7.11 Å². The highest BCUT2D eigenvalue weighted by Gasteiger charge is 2.01. The second-order valence-corrected chi connectivity index (χ2v) is 4.13. The molecule has 92 valence electrons. The van der Waals surface area contributed by atoms with Crippen LogP contribution in [0.25, 0.3) is 10.8 Å². The molecular formula is C16H22O. The van der Waals surface area contributed by atoms with Crippen LogP contribution in [0.2, 0.25) is 0 Å². The first-order chi connectivity index (χ1) is 8.20. The molecule has 2 rings (SSSR count). The van der Waals surface area contributed by atoms with Crippen molar-refractivity contribution in [3.8, 4) is 5.75 Å². The monoisotopic (exact) mass is 230 g/mol. The Morgan fingerprint density at radius 1 is 0.882 bits per heavy atom. The van der Waals surface area contributed by atoms with Crippen molar-refractivity contribution in [2.24, 2.45) is 0 Å². The van der Waals surface area contributed by atoms with Crippen molar-refractivity contribution < 1.29 is 4.74 Å². The fourth-order valence-electron chi connectivity index (χ4n) is 1.73. The van der Waals surface area contributed by atoms with Crippen molar-refractivity contribution in [3.05, 3.63) is 42.0 Å². The van der Waals surface area contributed by atoms with Gasteiger partial charge in [0.25, 0.3) is 0 Å². The third-order valence-electron chi connectivity index (χ3n) is 2.74. The zero-order valence-electron chi connectivity index (χ0n) is 11.4. The Morgan fingerprint density at radius 2 is 1.47 bits per heavy atom. The molecule has 0 aliphatic carbocycles. The zero-order valence-corrected chi connectivity index (χ0v) is 11.4. The van der Waals surface area contributed by atoms with Crippen molar-refractivity contribution >= 4 is 10.8 Å². The van der Waals surface area contributed by atoms with Crippen molar-refractivity contribution in [2.45, 2.75) is 33.6 Å². The van der Waals surface area contributed by atoms with Gasteiger partial charge in [0.15, 0.2) is 0 Å². The summed E-state index contributed by atoms with van der Waals surface area (Å²) in [5.41, 5.74) is 1.38. The van der Waals surface area contributed by atoms with E-state index in [1.165, 1.54) is 16.3 Å². The first-order valence-corrected chi connectivity index (χ1v) is 6.28. The zero-order chi connectivity index (χ0) is 12.8. The lowest BCUT2D eigenvalue weighted by atomic mass is 9.99. The maximum Gasteiger partial charge on any atom is 0.119 e. The van der Waals surface area contributed by atoms with Crippen LogP contribution in [0.5, 0.6) is 5.75 Å². The Hall–Kier alpha value is -1.50. The van der Waals surface area contributed by atoms with Crippen molar-refractivity contribution in [2.75, 3.05) is 7.11 Å². The molecule has 2 aromatic carbocycles. The molecule has 0 fully saturated rings. The number of rotatable bonds is 2. The van der Waals surface area contributed by atoms with E-state index >= 15 is 0 Å². The fourth-order valence-corrected chi connectivity index (χ4v) is 1.73. The Labute approximate surface area is 104 Å². The maximum absolute atomic E-state index is 5.20. The predicted molar refractivity (Wildman–Crippen MR) is 75.9 cm³/mol. The molecule has 0 unspecified atom stereocenters. The molecule has 1 nitrogen and oxygen atoms in total. The van der Waals surface area contributed by atoms with E-state index in [-0.39, 0.29) is 0 Å². The fraction of sp³-hybridized carbons (Fsp3) is 0.375. The van der Waals surface area contributed by atoms with Gasteiger partial charge in [-0.1, -0.05) is 52.0 Å². The largest absolute Gasteiger partial charge is 0.497 e.